The molecule has 1 heterocycles. The molecule has 2 atom stereocenters. The predicted octanol–water partition coefficient (Wildman–Crippen LogP) is 3.47. The van der Waals surface area contributed by atoms with Crippen molar-refractivity contribution in [2.24, 2.45) is 11.7 Å². The molecule has 1 fully saturated rings. The van der Waals surface area contributed by atoms with E-state index in [1.807, 2.05) is 0 Å². The number of rotatable bonds is 4. The highest BCUT2D eigenvalue weighted by Gasteiger charge is 2.30. The molecule has 0 bridgehead atoms. The predicted molar refractivity (Wildman–Crippen MR) is 80.4 cm³/mol. The summed E-state index contributed by atoms with van der Waals surface area (Å²) in [6, 6.07) is 5.72. The topological polar surface area (TPSA) is 29.3 Å². The zero-order valence-corrected chi connectivity index (χ0v) is 12.9. The highest BCUT2D eigenvalue weighted by atomic mass is 32.2. The van der Waals surface area contributed by atoms with Gasteiger partial charge in [0.25, 0.3) is 0 Å². The van der Waals surface area contributed by atoms with E-state index < -0.39 is 11.7 Å². The number of benzene rings is 1. The Kier molecular flexibility index (Phi) is 5.57. The van der Waals surface area contributed by atoms with Gasteiger partial charge < -0.3 is 10.6 Å². The summed E-state index contributed by atoms with van der Waals surface area (Å²) in [5, 5.41) is 0. The Morgan fingerprint density at radius 3 is 2.81 bits per heavy atom. The molecule has 2 nitrogen and oxygen atoms in total. The van der Waals surface area contributed by atoms with Crippen LogP contribution in [0, 0.1) is 5.92 Å². The lowest BCUT2D eigenvalue weighted by Crippen LogP contribution is -2.48. The lowest BCUT2D eigenvalue weighted by molar-refractivity contribution is -0.137. The van der Waals surface area contributed by atoms with E-state index in [-0.39, 0.29) is 6.04 Å². The van der Waals surface area contributed by atoms with Gasteiger partial charge in [-0.25, -0.2) is 0 Å². The summed E-state index contributed by atoms with van der Waals surface area (Å²) >= 11 is 1.46. The van der Waals surface area contributed by atoms with Gasteiger partial charge in [-0.05, 0) is 37.1 Å². The molecule has 0 radical (unpaired) electrons. The molecule has 118 valence electrons. The Hall–Kier alpha value is -0.720. The largest absolute Gasteiger partial charge is 0.416 e. The molecule has 0 saturated carbocycles. The molecule has 0 amide bonds. The molecule has 1 aliphatic rings. The second kappa shape index (κ2) is 7.03. The molecule has 0 spiro atoms. The summed E-state index contributed by atoms with van der Waals surface area (Å²) in [5.74, 6) is 1.33. The van der Waals surface area contributed by atoms with Crippen LogP contribution in [0.4, 0.5) is 13.2 Å². The molecule has 1 aromatic carbocycles. The van der Waals surface area contributed by atoms with Gasteiger partial charge in [-0.1, -0.05) is 13.0 Å². The van der Waals surface area contributed by atoms with Crippen LogP contribution in [0.3, 0.4) is 0 Å². The Morgan fingerprint density at radius 1 is 1.38 bits per heavy atom. The minimum atomic E-state index is -4.27. The first-order chi connectivity index (χ1) is 9.86. The highest BCUT2D eigenvalue weighted by Crippen LogP contribution is 2.31. The van der Waals surface area contributed by atoms with Crippen LogP contribution in [0.2, 0.25) is 0 Å². The normalized spacial score (nSPS) is 24.2. The molecule has 21 heavy (non-hydrogen) atoms. The number of nitrogens with two attached hydrogens (primary N) is 1. The van der Waals surface area contributed by atoms with Gasteiger partial charge in [0.1, 0.15) is 0 Å². The lowest BCUT2D eigenvalue weighted by atomic mass is 9.94. The van der Waals surface area contributed by atoms with Crippen molar-refractivity contribution in [1.82, 2.24) is 4.90 Å². The molecule has 0 aromatic heterocycles. The molecule has 2 unspecified atom stereocenters. The molecule has 1 aromatic rings. The van der Waals surface area contributed by atoms with Crippen LogP contribution in [0.1, 0.15) is 18.9 Å². The summed E-state index contributed by atoms with van der Waals surface area (Å²) in [7, 11) is 0. The molecule has 2 rings (SSSR count). The SMILES string of the molecule is CC1CCN(CCSc2cccc(C(F)(F)F)c2)CC1N. The highest BCUT2D eigenvalue weighted by molar-refractivity contribution is 7.99. The van der Waals surface area contributed by atoms with Crippen LogP contribution in [0.15, 0.2) is 29.2 Å². The third kappa shape index (κ3) is 4.90. The number of halogens is 3. The van der Waals surface area contributed by atoms with Crippen molar-refractivity contribution < 1.29 is 13.2 Å². The molecule has 2 N–H and O–H groups in total. The Morgan fingerprint density at radius 2 is 2.14 bits per heavy atom. The third-order valence-corrected chi connectivity index (χ3v) is 4.91. The zero-order valence-electron chi connectivity index (χ0n) is 12.1. The van der Waals surface area contributed by atoms with Crippen molar-refractivity contribution >= 4 is 11.8 Å². The fraction of sp³-hybridized carbons (Fsp3) is 0.600. The third-order valence-electron chi connectivity index (χ3n) is 3.94. The van der Waals surface area contributed by atoms with Gasteiger partial charge in [0.15, 0.2) is 0 Å². The number of alkyl halides is 3. The molecule has 1 aliphatic heterocycles. The maximum atomic E-state index is 12.6. The number of nitrogens with zero attached hydrogens (tertiary/aromatic N) is 1. The smallest absolute Gasteiger partial charge is 0.326 e. The second-order valence-electron chi connectivity index (χ2n) is 5.60. The van der Waals surface area contributed by atoms with E-state index in [9.17, 15) is 13.2 Å². The average Bonchev–Trinajstić information content (AvgIpc) is 2.42. The van der Waals surface area contributed by atoms with Crippen LogP contribution in [-0.4, -0.2) is 36.3 Å². The van der Waals surface area contributed by atoms with Gasteiger partial charge in [0.2, 0.25) is 0 Å². The van der Waals surface area contributed by atoms with Gasteiger partial charge in [0, 0.05) is 29.8 Å². The number of likely N-dealkylation sites (tertiary alicyclic amines) is 1. The van der Waals surface area contributed by atoms with Crippen molar-refractivity contribution in [3.8, 4) is 0 Å². The summed E-state index contributed by atoms with van der Waals surface area (Å²) < 4.78 is 37.9. The number of thioether (sulfide) groups is 1. The van der Waals surface area contributed by atoms with Crippen molar-refractivity contribution in [3.05, 3.63) is 29.8 Å². The second-order valence-corrected chi connectivity index (χ2v) is 6.77. The Labute approximate surface area is 127 Å². The van der Waals surface area contributed by atoms with E-state index in [1.165, 1.54) is 23.9 Å². The van der Waals surface area contributed by atoms with E-state index in [1.54, 1.807) is 6.07 Å². The Bertz CT molecular complexity index is 464. The maximum Gasteiger partial charge on any atom is 0.416 e. The minimum Gasteiger partial charge on any atom is -0.326 e. The summed E-state index contributed by atoms with van der Waals surface area (Å²) in [6.45, 7) is 4.93. The molecular weight excluding hydrogens is 297 g/mol. The van der Waals surface area contributed by atoms with Crippen LogP contribution in [-0.2, 0) is 6.18 Å². The first kappa shape index (κ1) is 16.6. The number of piperidine rings is 1. The van der Waals surface area contributed by atoms with Crippen LogP contribution in [0.25, 0.3) is 0 Å². The summed E-state index contributed by atoms with van der Waals surface area (Å²) in [5.41, 5.74) is 5.46. The fourth-order valence-electron chi connectivity index (χ4n) is 2.43. The van der Waals surface area contributed by atoms with Crippen LogP contribution >= 0.6 is 11.8 Å². The quantitative estimate of drug-likeness (QED) is 0.862. The van der Waals surface area contributed by atoms with Gasteiger partial charge in [0.05, 0.1) is 5.56 Å². The Balaban J connectivity index is 1.81. The van der Waals surface area contributed by atoms with Crippen molar-refractivity contribution in [3.63, 3.8) is 0 Å². The monoisotopic (exact) mass is 318 g/mol. The van der Waals surface area contributed by atoms with Gasteiger partial charge in [-0.3, -0.25) is 0 Å². The lowest BCUT2D eigenvalue weighted by Gasteiger charge is -2.34. The van der Waals surface area contributed by atoms with E-state index in [2.05, 4.69) is 11.8 Å². The summed E-state index contributed by atoms with van der Waals surface area (Å²) in [6.07, 6.45) is -3.18. The van der Waals surface area contributed by atoms with Crippen LogP contribution in [0.5, 0.6) is 0 Å². The standard InChI is InChI=1S/C15H21F3N2S/c1-11-5-6-20(10-14(11)19)7-8-21-13-4-2-3-12(9-13)15(16,17)18/h2-4,9,11,14H,5-8,10,19H2,1H3. The maximum absolute atomic E-state index is 12.6. The van der Waals surface area contributed by atoms with E-state index >= 15 is 0 Å². The van der Waals surface area contributed by atoms with E-state index in [4.69, 9.17) is 5.73 Å². The number of hydrogen-bond donors (Lipinski definition) is 1. The van der Waals surface area contributed by atoms with E-state index in [0.717, 1.165) is 37.9 Å². The molecule has 0 aliphatic carbocycles. The first-order valence-corrected chi connectivity index (χ1v) is 8.13. The van der Waals surface area contributed by atoms with E-state index in [0.29, 0.717) is 10.8 Å². The van der Waals surface area contributed by atoms with Gasteiger partial charge in [-0.15, -0.1) is 11.8 Å². The van der Waals surface area contributed by atoms with Crippen molar-refractivity contribution in [2.45, 2.75) is 30.5 Å². The summed E-state index contributed by atoms with van der Waals surface area (Å²) in [4.78, 5) is 2.96. The molecule has 1 saturated heterocycles. The first-order valence-electron chi connectivity index (χ1n) is 7.14. The van der Waals surface area contributed by atoms with Gasteiger partial charge in [-0.2, -0.15) is 13.2 Å². The van der Waals surface area contributed by atoms with Crippen molar-refractivity contribution in [1.29, 1.82) is 0 Å². The number of hydrogen-bond acceptors (Lipinski definition) is 3. The fourth-order valence-corrected chi connectivity index (χ4v) is 3.40. The minimum absolute atomic E-state index is 0.206. The average molecular weight is 318 g/mol. The molecular formula is C15H21F3N2S. The van der Waals surface area contributed by atoms with Crippen LogP contribution < -0.4 is 5.73 Å². The zero-order chi connectivity index (χ0) is 15.5. The van der Waals surface area contributed by atoms with Gasteiger partial charge >= 0.3 is 6.18 Å². The van der Waals surface area contributed by atoms with Crippen molar-refractivity contribution in [2.75, 3.05) is 25.4 Å². The molecule has 6 heteroatoms.